The molecule has 2 aliphatic heterocycles. The molecule has 0 aliphatic carbocycles. The number of benzene rings is 1. The van der Waals surface area contributed by atoms with Crippen molar-refractivity contribution in [1.82, 2.24) is 4.90 Å². The Labute approximate surface area is 184 Å². The van der Waals surface area contributed by atoms with E-state index < -0.39 is 16.1 Å². The van der Waals surface area contributed by atoms with Crippen molar-refractivity contribution in [2.45, 2.75) is 44.8 Å². The number of rotatable bonds is 3. The highest BCUT2D eigenvalue weighted by atomic mass is 79.9. The topological polar surface area (TPSA) is 94.4 Å². The van der Waals surface area contributed by atoms with Crippen LogP contribution in [0.15, 0.2) is 16.6 Å². The highest BCUT2D eigenvalue weighted by molar-refractivity contribution is 9.10. The Balaban J connectivity index is 1.70. The third-order valence-electron chi connectivity index (χ3n) is 5.36. The maximum atomic E-state index is 12.5. The first-order valence-electron chi connectivity index (χ1n) is 9.92. The summed E-state index contributed by atoms with van der Waals surface area (Å²) in [6.07, 6.45) is 1.16. The third kappa shape index (κ3) is 4.97. The van der Waals surface area contributed by atoms with Crippen molar-refractivity contribution in [2.24, 2.45) is 0 Å². The molecule has 10 heteroatoms. The number of hydrogen-bond acceptors (Lipinski definition) is 7. The smallest absolute Gasteiger partial charge is 0.410 e. The Hall–Kier alpha value is -2.07. The zero-order valence-electron chi connectivity index (χ0n) is 17.8. The summed E-state index contributed by atoms with van der Waals surface area (Å²) in [5.74, 6) is 0.225. The highest BCUT2D eigenvalue weighted by Gasteiger charge is 2.42. The van der Waals surface area contributed by atoms with Gasteiger partial charge in [0.2, 0.25) is 0 Å². The summed E-state index contributed by atoms with van der Waals surface area (Å²) < 4.78 is 17.5. The van der Waals surface area contributed by atoms with E-state index >= 15 is 0 Å². The van der Waals surface area contributed by atoms with Crippen molar-refractivity contribution in [2.75, 3.05) is 44.8 Å². The molecule has 2 saturated heterocycles. The van der Waals surface area contributed by atoms with Crippen LogP contribution in [0.25, 0.3) is 0 Å². The van der Waals surface area contributed by atoms with Gasteiger partial charge in [0, 0.05) is 36.2 Å². The number of carbonyl (C=O) groups excluding carboxylic acids is 1. The number of amides is 1. The van der Waals surface area contributed by atoms with Gasteiger partial charge < -0.3 is 24.0 Å². The van der Waals surface area contributed by atoms with Gasteiger partial charge in [-0.05, 0) is 49.5 Å². The molecule has 2 fully saturated rings. The van der Waals surface area contributed by atoms with Gasteiger partial charge in [-0.3, -0.25) is 10.1 Å². The molecule has 0 bridgehead atoms. The van der Waals surface area contributed by atoms with E-state index in [4.69, 9.17) is 14.2 Å². The molecule has 9 nitrogen and oxygen atoms in total. The predicted octanol–water partition coefficient (Wildman–Crippen LogP) is 3.97. The lowest BCUT2D eigenvalue weighted by Crippen LogP contribution is -2.58. The maximum absolute atomic E-state index is 12.5. The summed E-state index contributed by atoms with van der Waals surface area (Å²) in [6.45, 7) is 8.46. The van der Waals surface area contributed by atoms with Crippen molar-refractivity contribution >= 4 is 33.4 Å². The first-order valence-corrected chi connectivity index (χ1v) is 10.7. The van der Waals surface area contributed by atoms with E-state index in [1.54, 1.807) is 11.0 Å². The summed E-state index contributed by atoms with van der Waals surface area (Å²) in [4.78, 5) is 27.1. The minimum atomic E-state index is -0.535. The van der Waals surface area contributed by atoms with Crippen LogP contribution in [0, 0.1) is 10.1 Å². The fourth-order valence-corrected chi connectivity index (χ4v) is 4.45. The van der Waals surface area contributed by atoms with Gasteiger partial charge in [-0.1, -0.05) is 0 Å². The highest BCUT2D eigenvalue weighted by Crippen LogP contribution is 2.40. The number of nitro benzene ring substituents is 1. The van der Waals surface area contributed by atoms with Gasteiger partial charge >= 0.3 is 11.8 Å². The van der Waals surface area contributed by atoms with Crippen LogP contribution < -0.4 is 9.64 Å². The van der Waals surface area contributed by atoms with Crippen LogP contribution >= 0.6 is 15.9 Å². The minimum absolute atomic E-state index is 0.0785. The molecule has 0 aromatic heterocycles. The van der Waals surface area contributed by atoms with Crippen LogP contribution in [0.3, 0.4) is 0 Å². The maximum Gasteiger partial charge on any atom is 0.410 e. The molecular weight excluding hydrogens is 458 g/mol. The van der Waals surface area contributed by atoms with Crippen LogP contribution in [0.4, 0.5) is 16.2 Å². The number of carbonyl (C=O) groups is 1. The van der Waals surface area contributed by atoms with Gasteiger partial charge in [0.05, 0.1) is 36.5 Å². The minimum Gasteiger partial charge on any atom is -0.490 e. The average Bonchev–Trinajstić information content (AvgIpc) is 2.67. The molecule has 3 rings (SSSR count). The zero-order valence-corrected chi connectivity index (χ0v) is 19.4. The first-order chi connectivity index (χ1) is 14.0. The van der Waals surface area contributed by atoms with Gasteiger partial charge in [-0.15, -0.1) is 0 Å². The van der Waals surface area contributed by atoms with Crippen molar-refractivity contribution in [3.63, 3.8) is 0 Å². The van der Waals surface area contributed by atoms with Crippen molar-refractivity contribution in [3.8, 4) is 5.75 Å². The third-order valence-corrected chi connectivity index (χ3v) is 6.00. The molecular formula is C20H28BrN3O6. The molecule has 2 heterocycles. The fourth-order valence-electron chi connectivity index (χ4n) is 3.87. The number of anilines is 1. The van der Waals surface area contributed by atoms with E-state index in [9.17, 15) is 14.9 Å². The number of ether oxygens (including phenoxy) is 3. The van der Waals surface area contributed by atoms with E-state index in [1.165, 1.54) is 13.2 Å². The van der Waals surface area contributed by atoms with Gasteiger partial charge in [-0.2, -0.15) is 0 Å². The number of nitro groups is 1. The Bertz CT molecular complexity index is 817. The Morgan fingerprint density at radius 3 is 2.50 bits per heavy atom. The molecule has 1 aromatic rings. The van der Waals surface area contributed by atoms with E-state index in [-0.39, 0.29) is 17.5 Å². The summed E-state index contributed by atoms with van der Waals surface area (Å²) >= 11 is 3.46. The molecule has 0 radical (unpaired) electrons. The fraction of sp³-hybridized carbons (Fsp3) is 0.650. The summed E-state index contributed by atoms with van der Waals surface area (Å²) in [5.41, 5.74) is -0.173. The van der Waals surface area contributed by atoms with E-state index in [0.29, 0.717) is 37.3 Å². The second kappa shape index (κ2) is 8.58. The number of nitrogens with zero attached hydrogens (tertiary/aromatic N) is 3. The van der Waals surface area contributed by atoms with Crippen LogP contribution in [0.1, 0.15) is 33.6 Å². The van der Waals surface area contributed by atoms with Crippen molar-refractivity contribution in [1.29, 1.82) is 0 Å². The van der Waals surface area contributed by atoms with E-state index in [1.807, 2.05) is 20.8 Å². The molecule has 166 valence electrons. The lowest BCUT2D eigenvalue weighted by atomic mass is 9.89. The van der Waals surface area contributed by atoms with Gasteiger partial charge in [0.15, 0.2) is 5.75 Å². The zero-order chi connectivity index (χ0) is 22.1. The van der Waals surface area contributed by atoms with Crippen LogP contribution in [0.2, 0.25) is 0 Å². The number of hydrogen-bond donors (Lipinski definition) is 0. The molecule has 30 heavy (non-hydrogen) atoms. The van der Waals surface area contributed by atoms with E-state index in [0.717, 1.165) is 18.5 Å². The second-order valence-corrected chi connectivity index (χ2v) is 9.51. The predicted molar refractivity (Wildman–Crippen MR) is 115 cm³/mol. The Morgan fingerprint density at radius 1 is 1.27 bits per heavy atom. The molecule has 1 spiro atoms. The SMILES string of the molecule is COc1cc(N2CCC3(CC2)CN(C(=O)OC(C)(C)C)CCO3)c(Br)cc1[N+](=O)[O-]. The largest absolute Gasteiger partial charge is 0.490 e. The first kappa shape index (κ1) is 22.6. The number of morpholine rings is 1. The molecule has 1 amide bonds. The van der Waals surface area contributed by atoms with Crippen LogP contribution in [-0.2, 0) is 9.47 Å². The standard InChI is InChI=1S/C20H28BrN3O6/c1-19(2,3)30-18(25)23-9-10-29-20(13-23)5-7-22(8-6-20)15-12-17(28-4)16(24(26)27)11-14(15)21/h11-12H,5-10,13H2,1-4H3. The summed E-state index contributed by atoms with van der Waals surface area (Å²) in [5, 5.41) is 11.2. The normalized spacial score (nSPS) is 19.0. The summed E-state index contributed by atoms with van der Waals surface area (Å²) in [6, 6.07) is 3.16. The second-order valence-electron chi connectivity index (χ2n) is 8.65. The van der Waals surface area contributed by atoms with E-state index in [2.05, 4.69) is 20.8 Å². The monoisotopic (exact) mass is 485 g/mol. The molecule has 0 unspecified atom stereocenters. The van der Waals surface area contributed by atoms with Gasteiger partial charge in [0.1, 0.15) is 5.60 Å². The quantitative estimate of drug-likeness (QED) is 0.471. The molecule has 0 saturated carbocycles. The average molecular weight is 486 g/mol. The lowest BCUT2D eigenvalue weighted by molar-refractivity contribution is -0.385. The van der Waals surface area contributed by atoms with Gasteiger partial charge in [0.25, 0.3) is 0 Å². The number of halogens is 1. The molecule has 0 atom stereocenters. The number of methoxy groups -OCH3 is 1. The Morgan fingerprint density at radius 2 is 1.93 bits per heavy atom. The van der Waals surface area contributed by atoms with Crippen molar-refractivity contribution < 1.29 is 23.9 Å². The number of piperidine rings is 1. The lowest BCUT2D eigenvalue weighted by Gasteiger charge is -2.47. The molecule has 2 aliphatic rings. The summed E-state index contributed by atoms with van der Waals surface area (Å²) in [7, 11) is 1.42. The van der Waals surface area contributed by atoms with Gasteiger partial charge in [-0.25, -0.2) is 4.79 Å². The molecule has 1 aromatic carbocycles. The van der Waals surface area contributed by atoms with Crippen LogP contribution in [0.5, 0.6) is 5.75 Å². The Kier molecular flexibility index (Phi) is 6.47. The van der Waals surface area contributed by atoms with Crippen LogP contribution in [-0.4, -0.2) is 67.0 Å². The molecule has 0 N–H and O–H groups in total. The van der Waals surface area contributed by atoms with Crippen molar-refractivity contribution in [3.05, 3.63) is 26.7 Å².